The molecule has 0 aromatic heterocycles. The topological polar surface area (TPSA) is 61.4 Å². The molecule has 2 N–H and O–H groups in total. The van der Waals surface area contributed by atoms with Crippen molar-refractivity contribution in [3.05, 3.63) is 28.7 Å². The van der Waals surface area contributed by atoms with Crippen molar-refractivity contribution in [1.29, 1.82) is 0 Å². The van der Waals surface area contributed by atoms with Crippen LogP contribution in [0.2, 0.25) is 0 Å². The van der Waals surface area contributed by atoms with E-state index in [0.29, 0.717) is 13.1 Å². The van der Waals surface area contributed by atoms with Crippen molar-refractivity contribution in [1.82, 2.24) is 10.2 Å². The Labute approximate surface area is 126 Å². The van der Waals surface area contributed by atoms with E-state index in [1.165, 1.54) is 0 Å². The van der Waals surface area contributed by atoms with Gasteiger partial charge in [-0.3, -0.25) is 4.79 Å². The number of piperidine rings is 1. The monoisotopic (exact) mass is 339 g/mol. The van der Waals surface area contributed by atoms with Crippen LogP contribution in [0.15, 0.2) is 28.7 Å². The van der Waals surface area contributed by atoms with Crippen molar-refractivity contribution in [3.8, 4) is 0 Å². The van der Waals surface area contributed by atoms with Crippen molar-refractivity contribution in [2.24, 2.45) is 0 Å². The molecule has 1 aliphatic rings. The smallest absolute Gasteiger partial charge is 0.319 e. The maximum absolute atomic E-state index is 11.9. The van der Waals surface area contributed by atoms with Crippen LogP contribution in [0.25, 0.3) is 0 Å². The highest BCUT2D eigenvalue weighted by atomic mass is 79.9. The fourth-order valence-electron chi connectivity index (χ4n) is 2.25. The summed E-state index contributed by atoms with van der Waals surface area (Å²) in [6.07, 6.45) is 1.59. The lowest BCUT2D eigenvalue weighted by molar-refractivity contribution is -0.129. The highest BCUT2D eigenvalue weighted by Crippen LogP contribution is 2.21. The van der Waals surface area contributed by atoms with Gasteiger partial charge in [0.25, 0.3) is 0 Å². The first kappa shape index (κ1) is 14.8. The molecule has 0 saturated carbocycles. The third-order valence-electron chi connectivity index (χ3n) is 3.40. The third-order valence-corrected chi connectivity index (χ3v) is 4.09. The van der Waals surface area contributed by atoms with Crippen LogP contribution in [0.5, 0.6) is 0 Å². The Hall–Kier alpha value is -1.56. The van der Waals surface area contributed by atoms with E-state index in [0.717, 1.165) is 23.0 Å². The molecule has 6 heteroatoms. The SMILES string of the molecule is CC(=O)N1CCC(NC(=O)Nc2ccccc2Br)CC1. The highest BCUT2D eigenvalue weighted by Gasteiger charge is 2.21. The minimum atomic E-state index is -0.210. The van der Waals surface area contributed by atoms with Gasteiger partial charge in [0.2, 0.25) is 5.91 Å². The zero-order chi connectivity index (χ0) is 14.5. The Balaban J connectivity index is 1.81. The lowest BCUT2D eigenvalue weighted by Crippen LogP contribution is -2.47. The first-order chi connectivity index (χ1) is 9.56. The molecule has 0 unspecified atom stereocenters. The summed E-state index contributed by atoms with van der Waals surface area (Å²) in [5.41, 5.74) is 0.742. The number of amides is 3. The molecule has 0 aliphatic carbocycles. The number of nitrogens with zero attached hydrogens (tertiary/aromatic N) is 1. The van der Waals surface area contributed by atoms with Gasteiger partial charge in [-0.2, -0.15) is 0 Å². The van der Waals surface area contributed by atoms with E-state index in [1.807, 2.05) is 29.2 Å². The molecule has 1 fully saturated rings. The molecule has 20 heavy (non-hydrogen) atoms. The summed E-state index contributed by atoms with van der Waals surface area (Å²) in [6, 6.07) is 7.38. The molecule has 0 atom stereocenters. The van der Waals surface area contributed by atoms with Crippen LogP contribution in [0, 0.1) is 0 Å². The molecule has 1 aromatic carbocycles. The zero-order valence-electron chi connectivity index (χ0n) is 11.4. The molecule has 1 aromatic rings. The Morgan fingerprint density at radius 3 is 2.50 bits per heavy atom. The van der Waals surface area contributed by atoms with Gasteiger partial charge in [0.1, 0.15) is 0 Å². The Kier molecular flexibility index (Phi) is 5.00. The van der Waals surface area contributed by atoms with Crippen LogP contribution in [-0.4, -0.2) is 36.0 Å². The Morgan fingerprint density at radius 1 is 1.25 bits per heavy atom. The van der Waals surface area contributed by atoms with Gasteiger partial charge in [-0.05, 0) is 40.9 Å². The zero-order valence-corrected chi connectivity index (χ0v) is 12.9. The van der Waals surface area contributed by atoms with Crippen LogP contribution < -0.4 is 10.6 Å². The molecule has 108 valence electrons. The van der Waals surface area contributed by atoms with Crippen LogP contribution in [0.1, 0.15) is 19.8 Å². The molecule has 3 amide bonds. The van der Waals surface area contributed by atoms with E-state index in [-0.39, 0.29) is 18.0 Å². The minimum absolute atomic E-state index is 0.0983. The van der Waals surface area contributed by atoms with Gasteiger partial charge in [-0.1, -0.05) is 12.1 Å². The quantitative estimate of drug-likeness (QED) is 0.869. The number of urea groups is 1. The molecular formula is C14H18BrN3O2. The van der Waals surface area contributed by atoms with Gasteiger partial charge < -0.3 is 15.5 Å². The number of para-hydroxylation sites is 1. The largest absolute Gasteiger partial charge is 0.343 e. The Morgan fingerprint density at radius 2 is 1.90 bits per heavy atom. The number of likely N-dealkylation sites (tertiary alicyclic amines) is 1. The van der Waals surface area contributed by atoms with E-state index >= 15 is 0 Å². The van der Waals surface area contributed by atoms with Crippen molar-refractivity contribution in [2.45, 2.75) is 25.8 Å². The van der Waals surface area contributed by atoms with Crippen LogP contribution in [-0.2, 0) is 4.79 Å². The van der Waals surface area contributed by atoms with E-state index in [2.05, 4.69) is 26.6 Å². The van der Waals surface area contributed by atoms with Gasteiger partial charge in [-0.15, -0.1) is 0 Å². The summed E-state index contributed by atoms with van der Waals surface area (Å²) in [6.45, 7) is 2.98. The predicted molar refractivity (Wildman–Crippen MR) is 81.6 cm³/mol. The Bertz CT molecular complexity index is 499. The number of nitrogens with one attached hydrogen (secondary N) is 2. The lowest BCUT2D eigenvalue weighted by atomic mass is 10.1. The minimum Gasteiger partial charge on any atom is -0.343 e. The number of carbonyl (C=O) groups is 2. The van der Waals surface area contributed by atoms with E-state index in [4.69, 9.17) is 0 Å². The van der Waals surface area contributed by atoms with Crippen molar-refractivity contribution >= 4 is 33.6 Å². The second kappa shape index (κ2) is 6.74. The van der Waals surface area contributed by atoms with Crippen LogP contribution in [0.3, 0.4) is 0 Å². The number of benzene rings is 1. The summed E-state index contributed by atoms with van der Waals surface area (Å²) < 4.78 is 0.849. The molecule has 0 radical (unpaired) electrons. The fraction of sp³-hybridized carbons (Fsp3) is 0.429. The maximum atomic E-state index is 11.9. The first-order valence-corrected chi connectivity index (χ1v) is 7.43. The molecule has 5 nitrogen and oxygen atoms in total. The number of anilines is 1. The number of hydrogen-bond donors (Lipinski definition) is 2. The summed E-state index contributed by atoms with van der Waals surface area (Å²) >= 11 is 3.39. The molecule has 1 heterocycles. The standard InChI is InChI=1S/C14H18BrN3O2/c1-10(19)18-8-6-11(7-9-18)16-14(20)17-13-5-3-2-4-12(13)15/h2-5,11H,6-9H2,1H3,(H2,16,17,20). The third kappa shape index (κ3) is 3.96. The number of rotatable bonds is 2. The fourth-order valence-corrected chi connectivity index (χ4v) is 2.63. The lowest BCUT2D eigenvalue weighted by Gasteiger charge is -2.31. The molecule has 1 aliphatic heterocycles. The summed E-state index contributed by atoms with van der Waals surface area (Å²) in [7, 11) is 0. The van der Waals surface area contributed by atoms with Gasteiger partial charge in [0, 0.05) is 30.5 Å². The van der Waals surface area contributed by atoms with Gasteiger partial charge in [-0.25, -0.2) is 4.79 Å². The van der Waals surface area contributed by atoms with Crippen LogP contribution >= 0.6 is 15.9 Å². The van der Waals surface area contributed by atoms with Crippen molar-refractivity contribution in [3.63, 3.8) is 0 Å². The maximum Gasteiger partial charge on any atom is 0.319 e. The van der Waals surface area contributed by atoms with E-state index in [9.17, 15) is 9.59 Å². The van der Waals surface area contributed by atoms with E-state index < -0.39 is 0 Å². The molecular weight excluding hydrogens is 322 g/mol. The number of carbonyl (C=O) groups excluding carboxylic acids is 2. The molecule has 2 rings (SSSR count). The second-order valence-corrected chi connectivity index (χ2v) is 5.71. The first-order valence-electron chi connectivity index (χ1n) is 6.64. The number of halogens is 1. The second-order valence-electron chi connectivity index (χ2n) is 4.86. The van der Waals surface area contributed by atoms with Gasteiger partial charge in [0.05, 0.1) is 5.69 Å². The van der Waals surface area contributed by atoms with Crippen molar-refractivity contribution < 1.29 is 9.59 Å². The predicted octanol–water partition coefficient (Wildman–Crippen LogP) is 2.58. The molecule has 0 spiro atoms. The van der Waals surface area contributed by atoms with Crippen molar-refractivity contribution in [2.75, 3.05) is 18.4 Å². The molecule has 0 bridgehead atoms. The normalized spacial score (nSPS) is 15.8. The van der Waals surface area contributed by atoms with Gasteiger partial charge in [0.15, 0.2) is 0 Å². The van der Waals surface area contributed by atoms with E-state index in [1.54, 1.807) is 6.92 Å². The average molecular weight is 340 g/mol. The average Bonchev–Trinajstić information content (AvgIpc) is 2.42. The summed E-state index contributed by atoms with van der Waals surface area (Å²) in [4.78, 5) is 25.0. The highest BCUT2D eigenvalue weighted by molar-refractivity contribution is 9.10. The summed E-state index contributed by atoms with van der Waals surface area (Å²) in [5, 5.41) is 5.76. The summed E-state index contributed by atoms with van der Waals surface area (Å²) in [5.74, 6) is 0.0983. The molecule has 1 saturated heterocycles. The van der Waals surface area contributed by atoms with Crippen LogP contribution in [0.4, 0.5) is 10.5 Å². The van der Waals surface area contributed by atoms with Gasteiger partial charge >= 0.3 is 6.03 Å². The number of hydrogen-bond acceptors (Lipinski definition) is 2.